The molecule has 16 heavy (non-hydrogen) atoms. The Balaban J connectivity index is 2.69. The van der Waals surface area contributed by atoms with Crippen LogP contribution in [0.2, 0.25) is 0 Å². The number of nitrogens with zero attached hydrogens (tertiary/aromatic N) is 1. The van der Waals surface area contributed by atoms with E-state index in [0.717, 1.165) is 23.9 Å². The van der Waals surface area contributed by atoms with Crippen LogP contribution in [0, 0.1) is 0 Å². The van der Waals surface area contributed by atoms with Crippen molar-refractivity contribution < 1.29 is 23.1 Å². The van der Waals surface area contributed by atoms with Gasteiger partial charge in [-0.2, -0.15) is 13.2 Å². The number of pyridine rings is 1. The van der Waals surface area contributed by atoms with Gasteiger partial charge in [0.1, 0.15) is 5.03 Å². The predicted molar refractivity (Wildman–Crippen MR) is 51.9 cm³/mol. The molecule has 3 nitrogen and oxygen atoms in total. The molecule has 0 amide bonds. The van der Waals surface area contributed by atoms with Crippen LogP contribution in [0.5, 0.6) is 0 Å². The molecule has 7 heteroatoms. The minimum atomic E-state index is -4.41. The zero-order valence-electron chi connectivity index (χ0n) is 7.73. The van der Waals surface area contributed by atoms with Crippen LogP contribution in [0.1, 0.15) is 5.56 Å². The van der Waals surface area contributed by atoms with Crippen LogP contribution in [0.4, 0.5) is 13.2 Å². The van der Waals surface area contributed by atoms with Gasteiger partial charge in [-0.15, -0.1) is 0 Å². The first-order valence-electron chi connectivity index (χ1n) is 3.99. The maximum Gasteiger partial charge on any atom is 0.417 e. The number of carboxylic acids is 1. The molecule has 1 aromatic heterocycles. The number of thioether (sulfide) groups is 1. The van der Waals surface area contributed by atoms with Crippen LogP contribution in [-0.4, -0.2) is 16.1 Å². The largest absolute Gasteiger partial charge is 0.478 e. The minimum absolute atomic E-state index is 0.297. The van der Waals surface area contributed by atoms with E-state index in [1.54, 1.807) is 0 Å². The molecule has 0 radical (unpaired) electrons. The quantitative estimate of drug-likeness (QED) is 0.661. The molecular weight excluding hydrogens is 243 g/mol. The second-order valence-electron chi connectivity index (χ2n) is 2.64. The standard InChI is InChI=1S/C9H6F3NO2S/c10-9(11,12)6-1-2-7(13-5-6)16-4-3-8(14)15/h1-5H,(H,14,15). The number of aromatic nitrogens is 1. The third-order valence-corrected chi connectivity index (χ3v) is 2.22. The summed E-state index contributed by atoms with van der Waals surface area (Å²) in [5.41, 5.74) is -0.834. The summed E-state index contributed by atoms with van der Waals surface area (Å²) >= 11 is 0.928. The van der Waals surface area contributed by atoms with Crippen molar-refractivity contribution in [3.63, 3.8) is 0 Å². The number of carboxylic acid groups (broad SMARTS) is 1. The summed E-state index contributed by atoms with van der Waals surface area (Å²) in [5, 5.41) is 9.80. The maximum atomic E-state index is 12.1. The Hall–Kier alpha value is -1.50. The summed E-state index contributed by atoms with van der Waals surface area (Å²) in [4.78, 5) is 13.6. The number of aliphatic carboxylic acids is 1. The molecule has 0 fully saturated rings. The van der Waals surface area contributed by atoms with Crippen molar-refractivity contribution in [1.82, 2.24) is 4.98 Å². The molecule has 1 aromatic rings. The molecule has 0 aromatic carbocycles. The number of alkyl halides is 3. The van der Waals surface area contributed by atoms with Crippen LogP contribution in [0.25, 0.3) is 0 Å². The molecule has 1 heterocycles. The van der Waals surface area contributed by atoms with Crippen LogP contribution < -0.4 is 0 Å². The van der Waals surface area contributed by atoms with Gasteiger partial charge < -0.3 is 5.11 Å². The fraction of sp³-hybridized carbons (Fsp3) is 0.111. The average Bonchev–Trinajstić information content (AvgIpc) is 2.16. The first-order chi connectivity index (χ1) is 7.39. The van der Waals surface area contributed by atoms with Gasteiger partial charge in [-0.3, -0.25) is 0 Å². The maximum absolute atomic E-state index is 12.1. The zero-order chi connectivity index (χ0) is 12.2. The Morgan fingerprint density at radius 2 is 2.12 bits per heavy atom. The summed E-state index contributed by atoms with van der Waals surface area (Å²) in [5.74, 6) is -1.13. The molecule has 0 atom stereocenters. The van der Waals surface area contributed by atoms with Crippen molar-refractivity contribution >= 4 is 17.7 Å². The molecule has 0 saturated heterocycles. The van der Waals surface area contributed by atoms with Gasteiger partial charge in [0.25, 0.3) is 0 Å². The molecule has 0 aliphatic carbocycles. The van der Waals surface area contributed by atoms with Gasteiger partial charge in [-0.05, 0) is 17.5 Å². The Morgan fingerprint density at radius 3 is 2.56 bits per heavy atom. The number of halogens is 3. The van der Waals surface area contributed by atoms with E-state index in [4.69, 9.17) is 5.11 Å². The summed E-state index contributed by atoms with van der Waals surface area (Å²) in [6, 6.07) is 2.07. The molecule has 0 bridgehead atoms. The zero-order valence-corrected chi connectivity index (χ0v) is 8.55. The highest BCUT2D eigenvalue weighted by Gasteiger charge is 2.30. The van der Waals surface area contributed by atoms with Crippen LogP contribution in [-0.2, 0) is 11.0 Å². The van der Waals surface area contributed by atoms with Gasteiger partial charge in [0, 0.05) is 12.3 Å². The number of hydrogen-bond donors (Lipinski definition) is 1. The van der Waals surface area contributed by atoms with Gasteiger partial charge in [0.15, 0.2) is 0 Å². The average molecular weight is 249 g/mol. The van der Waals surface area contributed by atoms with Crippen LogP contribution in [0.15, 0.2) is 34.8 Å². The number of hydrogen-bond acceptors (Lipinski definition) is 3. The van der Waals surface area contributed by atoms with Crippen molar-refractivity contribution in [2.75, 3.05) is 0 Å². The smallest absolute Gasteiger partial charge is 0.417 e. The third-order valence-electron chi connectivity index (χ3n) is 1.46. The lowest BCUT2D eigenvalue weighted by Crippen LogP contribution is -2.04. The van der Waals surface area contributed by atoms with Gasteiger partial charge in [-0.25, -0.2) is 9.78 Å². The van der Waals surface area contributed by atoms with E-state index in [0.29, 0.717) is 11.2 Å². The van der Waals surface area contributed by atoms with Gasteiger partial charge in [0.05, 0.1) is 5.56 Å². The fourth-order valence-electron chi connectivity index (χ4n) is 0.780. The van der Waals surface area contributed by atoms with E-state index in [1.807, 2.05) is 0 Å². The minimum Gasteiger partial charge on any atom is -0.478 e. The lowest BCUT2D eigenvalue weighted by Gasteiger charge is -2.05. The predicted octanol–water partition coefficient (Wildman–Crippen LogP) is 2.79. The highest BCUT2D eigenvalue weighted by atomic mass is 32.2. The van der Waals surface area contributed by atoms with Gasteiger partial charge >= 0.3 is 12.1 Å². The summed E-state index contributed by atoms with van der Waals surface area (Å²) in [6.07, 6.45) is -2.83. The Bertz CT molecular complexity index is 400. The van der Waals surface area contributed by atoms with Gasteiger partial charge in [-0.1, -0.05) is 11.8 Å². The van der Waals surface area contributed by atoms with E-state index in [-0.39, 0.29) is 0 Å². The fourth-order valence-corrected chi connectivity index (χ4v) is 1.36. The highest BCUT2D eigenvalue weighted by molar-refractivity contribution is 8.02. The monoisotopic (exact) mass is 249 g/mol. The van der Waals surface area contributed by atoms with E-state index in [9.17, 15) is 18.0 Å². The third kappa shape index (κ3) is 3.93. The lowest BCUT2D eigenvalue weighted by molar-refractivity contribution is -0.138. The number of carbonyl (C=O) groups is 1. The van der Waals surface area contributed by atoms with Crippen molar-refractivity contribution in [2.45, 2.75) is 11.2 Å². The van der Waals surface area contributed by atoms with Crippen molar-refractivity contribution in [3.8, 4) is 0 Å². The van der Waals surface area contributed by atoms with Crippen molar-refractivity contribution in [1.29, 1.82) is 0 Å². The second-order valence-corrected chi connectivity index (χ2v) is 3.57. The van der Waals surface area contributed by atoms with Crippen LogP contribution >= 0.6 is 11.8 Å². The summed E-state index contributed by atoms with van der Waals surface area (Å²) in [6.45, 7) is 0. The molecule has 0 aliphatic rings. The topological polar surface area (TPSA) is 50.2 Å². The number of rotatable bonds is 3. The molecular formula is C9H6F3NO2S. The Morgan fingerprint density at radius 1 is 1.44 bits per heavy atom. The molecule has 86 valence electrons. The SMILES string of the molecule is O=C(O)C=CSc1ccc(C(F)(F)F)cn1. The molecule has 1 N–H and O–H groups in total. The van der Waals surface area contributed by atoms with E-state index >= 15 is 0 Å². The van der Waals surface area contributed by atoms with Gasteiger partial charge in [0.2, 0.25) is 0 Å². The van der Waals surface area contributed by atoms with E-state index < -0.39 is 17.7 Å². The summed E-state index contributed by atoms with van der Waals surface area (Å²) < 4.78 is 36.4. The Kier molecular flexibility index (Phi) is 3.94. The van der Waals surface area contributed by atoms with Crippen LogP contribution in [0.3, 0.4) is 0 Å². The normalized spacial score (nSPS) is 11.9. The van der Waals surface area contributed by atoms with E-state index in [2.05, 4.69) is 4.98 Å². The first-order valence-corrected chi connectivity index (χ1v) is 4.87. The highest BCUT2D eigenvalue weighted by Crippen LogP contribution is 2.29. The second kappa shape index (κ2) is 5.02. The molecule has 0 saturated carbocycles. The summed E-state index contributed by atoms with van der Waals surface area (Å²) in [7, 11) is 0. The Labute approximate surface area is 93.0 Å². The van der Waals surface area contributed by atoms with E-state index in [1.165, 1.54) is 11.5 Å². The molecule has 1 rings (SSSR count). The van der Waals surface area contributed by atoms with Crippen molar-refractivity contribution in [2.24, 2.45) is 0 Å². The van der Waals surface area contributed by atoms with Crippen molar-refractivity contribution in [3.05, 3.63) is 35.4 Å². The molecule has 0 unspecified atom stereocenters. The molecule has 0 spiro atoms. The first kappa shape index (κ1) is 12.6. The molecule has 0 aliphatic heterocycles. The lowest BCUT2D eigenvalue weighted by atomic mass is 10.3.